The molecule has 122 valence electrons. The highest BCUT2D eigenvalue weighted by atomic mass is 79.9. The monoisotopic (exact) mass is 376 g/mol. The Morgan fingerprint density at radius 2 is 1.48 bits per heavy atom. The van der Waals surface area contributed by atoms with Crippen LogP contribution < -0.4 is 14.5 Å². The number of benzene rings is 2. The number of methoxy groups -OCH3 is 1. The van der Waals surface area contributed by atoms with E-state index < -0.39 is 0 Å². The van der Waals surface area contributed by atoms with Crippen molar-refractivity contribution in [2.24, 2.45) is 0 Å². The fourth-order valence-corrected chi connectivity index (χ4v) is 3.72. The van der Waals surface area contributed by atoms with E-state index in [1.54, 1.807) is 16.9 Å². The van der Waals surface area contributed by atoms with E-state index >= 15 is 0 Å². The Kier molecular flexibility index (Phi) is 5.70. The topological polar surface area (TPSA) is 18.1 Å². The predicted molar refractivity (Wildman–Crippen MR) is 95.9 cm³/mol. The van der Waals surface area contributed by atoms with Crippen LogP contribution in [0.2, 0.25) is 0 Å². The molecule has 2 aromatic carbocycles. The molecule has 0 aliphatic carbocycles. The zero-order valence-corrected chi connectivity index (χ0v) is 15.2. The van der Waals surface area contributed by atoms with Gasteiger partial charge in [-0.25, -0.2) is 0 Å². The van der Waals surface area contributed by atoms with Crippen LogP contribution in [0.3, 0.4) is 0 Å². The molecular weight excluding hydrogens is 352 g/mol. The van der Waals surface area contributed by atoms with Crippen molar-refractivity contribution in [3.8, 4) is 5.75 Å². The molecule has 0 aromatic heterocycles. The molecule has 1 saturated heterocycles. The van der Waals surface area contributed by atoms with Crippen LogP contribution in [0, 0.1) is 0 Å². The molecule has 1 aliphatic rings. The number of halogens is 1. The van der Waals surface area contributed by atoms with Gasteiger partial charge in [-0.1, -0.05) is 28.1 Å². The number of ether oxygens (including phenoxy) is 1. The molecule has 0 radical (unpaired) electrons. The second kappa shape index (κ2) is 7.95. The van der Waals surface area contributed by atoms with E-state index in [2.05, 4.69) is 64.5 Å². The van der Waals surface area contributed by atoms with E-state index in [4.69, 9.17) is 4.74 Å². The average molecular weight is 377 g/mol. The molecule has 23 heavy (non-hydrogen) atoms. The first-order chi connectivity index (χ1) is 11.2. The lowest BCUT2D eigenvalue weighted by Crippen LogP contribution is -3.27. The van der Waals surface area contributed by atoms with Gasteiger partial charge in [0.05, 0.1) is 7.11 Å². The molecule has 1 aliphatic heterocycles. The van der Waals surface area contributed by atoms with Crippen molar-refractivity contribution >= 4 is 15.9 Å². The van der Waals surface area contributed by atoms with E-state index in [9.17, 15) is 0 Å². The van der Waals surface area contributed by atoms with Crippen molar-refractivity contribution in [3.05, 3.63) is 64.1 Å². The largest absolute Gasteiger partial charge is 0.497 e. The van der Waals surface area contributed by atoms with E-state index in [-0.39, 0.29) is 0 Å². The normalized spacial score (nSPS) is 21.1. The summed E-state index contributed by atoms with van der Waals surface area (Å²) in [5.74, 6) is 0.937. The standard InChI is InChI=1S/C19H23BrN2O/c1-23-19-7-5-16(6-8-19)14-21-9-11-22(12-10-21)15-17-3-2-4-18(20)13-17/h2-8,13H,9-12,14-15H2,1H3/p+2. The molecule has 4 heteroatoms. The van der Waals surface area contributed by atoms with Crippen molar-refractivity contribution in [2.75, 3.05) is 33.3 Å². The average Bonchev–Trinajstić information content (AvgIpc) is 2.57. The number of rotatable bonds is 5. The van der Waals surface area contributed by atoms with Gasteiger partial charge in [-0.15, -0.1) is 0 Å². The number of hydrogen-bond donors (Lipinski definition) is 2. The SMILES string of the molecule is COc1ccc(C[NH+]2CC[NH+](Cc3cccc(Br)c3)CC2)cc1. The summed E-state index contributed by atoms with van der Waals surface area (Å²) in [4.78, 5) is 3.38. The van der Waals surface area contributed by atoms with Crippen LogP contribution in [0.5, 0.6) is 5.75 Å². The van der Waals surface area contributed by atoms with Gasteiger partial charge in [-0.2, -0.15) is 0 Å². The molecule has 0 bridgehead atoms. The van der Waals surface area contributed by atoms with E-state index in [1.165, 1.54) is 41.8 Å². The van der Waals surface area contributed by atoms with Crippen LogP contribution in [-0.4, -0.2) is 33.3 Å². The number of quaternary nitrogens is 2. The summed E-state index contributed by atoms with van der Waals surface area (Å²) >= 11 is 3.56. The highest BCUT2D eigenvalue weighted by molar-refractivity contribution is 9.10. The molecule has 0 atom stereocenters. The van der Waals surface area contributed by atoms with Crippen molar-refractivity contribution in [1.29, 1.82) is 0 Å². The summed E-state index contributed by atoms with van der Waals surface area (Å²) < 4.78 is 6.40. The predicted octanol–water partition coefficient (Wildman–Crippen LogP) is 0.941. The maximum absolute atomic E-state index is 5.22. The fraction of sp³-hybridized carbons (Fsp3) is 0.368. The molecule has 3 rings (SSSR count). The van der Waals surface area contributed by atoms with Crippen LogP contribution in [0.4, 0.5) is 0 Å². The number of hydrogen-bond acceptors (Lipinski definition) is 1. The lowest BCUT2D eigenvalue weighted by Gasteiger charge is -2.29. The molecule has 1 heterocycles. The molecule has 1 fully saturated rings. The lowest BCUT2D eigenvalue weighted by atomic mass is 10.1. The Hall–Kier alpha value is -1.36. The van der Waals surface area contributed by atoms with Crippen molar-refractivity contribution in [2.45, 2.75) is 13.1 Å². The summed E-state index contributed by atoms with van der Waals surface area (Å²) in [6.07, 6.45) is 0. The van der Waals surface area contributed by atoms with Gasteiger partial charge in [0.1, 0.15) is 45.0 Å². The van der Waals surface area contributed by atoms with Gasteiger partial charge < -0.3 is 14.5 Å². The second-order valence-electron chi connectivity index (χ2n) is 6.33. The Morgan fingerprint density at radius 1 is 0.870 bits per heavy atom. The Labute approximate surface area is 147 Å². The van der Waals surface area contributed by atoms with Gasteiger partial charge in [-0.05, 0) is 36.4 Å². The minimum Gasteiger partial charge on any atom is -0.497 e. The first-order valence-corrected chi connectivity index (χ1v) is 9.07. The molecule has 2 N–H and O–H groups in total. The van der Waals surface area contributed by atoms with Gasteiger partial charge in [0.25, 0.3) is 0 Å². The smallest absolute Gasteiger partial charge is 0.127 e. The zero-order chi connectivity index (χ0) is 16.1. The summed E-state index contributed by atoms with van der Waals surface area (Å²) in [5, 5.41) is 0. The van der Waals surface area contributed by atoms with Gasteiger partial charge in [-0.3, -0.25) is 0 Å². The molecule has 0 spiro atoms. The summed E-state index contributed by atoms with van der Waals surface area (Å²) in [6.45, 7) is 7.24. The minimum absolute atomic E-state index is 0.937. The van der Waals surface area contributed by atoms with E-state index in [0.29, 0.717) is 0 Å². The van der Waals surface area contributed by atoms with Crippen molar-refractivity contribution in [1.82, 2.24) is 0 Å². The molecule has 2 aromatic rings. The first kappa shape index (κ1) is 16.5. The van der Waals surface area contributed by atoms with Gasteiger partial charge in [0.2, 0.25) is 0 Å². The maximum Gasteiger partial charge on any atom is 0.127 e. The lowest BCUT2D eigenvalue weighted by molar-refractivity contribution is -1.02. The van der Waals surface area contributed by atoms with Crippen molar-refractivity contribution < 1.29 is 14.5 Å². The van der Waals surface area contributed by atoms with Crippen LogP contribution in [0.25, 0.3) is 0 Å². The Balaban J connectivity index is 1.48. The summed E-state index contributed by atoms with van der Waals surface area (Å²) in [7, 11) is 1.72. The quantitative estimate of drug-likeness (QED) is 0.794. The van der Waals surface area contributed by atoms with Crippen molar-refractivity contribution in [3.63, 3.8) is 0 Å². The highest BCUT2D eigenvalue weighted by Gasteiger charge is 2.23. The van der Waals surface area contributed by atoms with Crippen LogP contribution >= 0.6 is 15.9 Å². The molecule has 0 unspecified atom stereocenters. The molecular formula is C19H25BrN2O+2. The Bertz CT molecular complexity index is 622. The van der Waals surface area contributed by atoms with Crippen LogP contribution in [-0.2, 0) is 13.1 Å². The number of nitrogens with one attached hydrogen (secondary N) is 2. The van der Waals surface area contributed by atoms with E-state index in [0.717, 1.165) is 18.8 Å². The first-order valence-electron chi connectivity index (χ1n) is 8.27. The van der Waals surface area contributed by atoms with E-state index in [1.807, 2.05) is 0 Å². The molecule has 0 saturated carbocycles. The Morgan fingerprint density at radius 3 is 2.04 bits per heavy atom. The zero-order valence-electron chi connectivity index (χ0n) is 13.6. The highest BCUT2D eigenvalue weighted by Crippen LogP contribution is 2.11. The fourth-order valence-electron chi connectivity index (χ4n) is 3.28. The number of piperazine rings is 1. The van der Waals surface area contributed by atoms with Crippen LogP contribution in [0.1, 0.15) is 11.1 Å². The minimum atomic E-state index is 0.937. The third-order valence-corrected chi connectivity index (χ3v) is 5.11. The second-order valence-corrected chi connectivity index (χ2v) is 7.25. The summed E-state index contributed by atoms with van der Waals surface area (Å²) in [5.41, 5.74) is 2.82. The van der Waals surface area contributed by atoms with Crippen LogP contribution in [0.15, 0.2) is 53.0 Å². The van der Waals surface area contributed by atoms with Gasteiger partial charge in [0.15, 0.2) is 0 Å². The maximum atomic E-state index is 5.22. The van der Waals surface area contributed by atoms with Gasteiger partial charge >= 0.3 is 0 Å². The third-order valence-electron chi connectivity index (χ3n) is 4.62. The molecule has 0 amide bonds. The van der Waals surface area contributed by atoms with Gasteiger partial charge in [0, 0.05) is 15.6 Å². The molecule has 3 nitrogen and oxygen atoms in total. The summed E-state index contributed by atoms with van der Waals surface area (Å²) in [6, 6.07) is 17.2. The third kappa shape index (κ3) is 4.80.